The van der Waals surface area contributed by atoms with Gasteiger partial charge in [-0.3, -0.25) is 24.5 Å². The molecule has 0 bridgehead atoms. The Morgan fingerprint density at radius 3 is 2.39 bits per heavy atom. The summed E-state index contributed by atoms with van der Waals surface area (Å²) in [5.74, 6) is -2.11. The third kappa shape index (κ3) is 3.81. The van der Waals surface area contributed by atoms with E-state index in [4.69, 9.17) is 0 Å². The highest BCUT2D eigenvalue weighted by Gasteiger charge is 2.52. The molecule has 1 saturated carbocycles. The lowest BCUT2D eigenvalue weighted by molar-refractivity contribution is -0.385. The van der Waals surface area contributed by atoms with Crippen molar-refractivity contribution in [3.8, 4) is 0 Å². The Kier molecular flexibility index (Phi) is 5.54. The number of imide groups is 1. The Labute approximate surface area is 179 Å². The van der Waals surface area contributed by atoms with E-state index in [0.29, 0.717) is 24.3 Å². The minimum absolute atomic E-state index is 0.0435. The average Bonchev–Trinajstić information content (AvgIpc) is 3.01. The van der Waals surface area contributed by atoms with Crippen molar-refractivity contribution >= 4 is 23.4 Å². The maximum Gasteiger partial charge on any atom is 0.282 e. The van der Waals surface area contributed by atoms with Crippen molar-refractivity contribution in [3.63, 3.8) is 0 Å². The first-order valence-electron chi connectivity index (χ1n) is 10.4. The van der Waals surface area contributed by atoms with E-state index in [2.05, 4.69) is 6.92 Å². The predicted molar refractivity (Wildman–Crippen MR) is 111 cm³/mol. The molecule has 2 aromatic carbocycles. The standard InChI is InChI=1S/C23H23N3O5/c1-15-11-12-17-19(13-15)23(29)25(22(17)28)24(14-16-7-3-2-4-8-16)21(27)18-9-5-6-10-20(18)26(30)31/h2-10,15,17,19H,11-14H2,1H3/t15-,17+,19+/m1/s1. The van der Waals surface area contributed by atoms with E-state index in [-0.39, 0.29) is 17.8 Å². The number of nitro benzene ring substituents is 1. The molecule has 0 radical (unpaired) electrons. The van der Waals surface area contributed by atoms with E-state index in [1.807, 2.05) is 6.07 Å². The Bertz CT molecular complexity index is 1040. The van der Waals surface area contributed by atoms with Gasteiger partial charge in [-0.1, -0.05) is 49.4 Å². The Balaban J connectivity index is 1.75. The summed E-state index contributed by atoms with van der Waals surface area (Å²) in [6, 6.07) is 14.5. The molecule has 1 heterocycles. The smallest absolute Gasteiger partial charge is 0.272 e. The van der Waals surface area contributed by atoms with Crippen LogP contribution in [0, 0.1) is 27.9 Å². The van der Waals surface area contributed by atoms with Crippen molar-refractivity contribution in [2.24, 2.45) is 17.8 Å². The first-order valence-corrected chi connectivity index (χ1v) is 10.4. The first kappa shape index (κ1) is 20.7. The van der Waals surface area contributed by atoms with Crippen LogP contribution in [0.25, 0.3) is 0 Å². The van der Waals surface area contributed by atoms with Crippen molar-refractivity contribution in [3.05, 3.63) is 75.8 Å². The van der Waals surface area contributed by atoms with E-state index in [1.165, 1.54) is 24.3 Å². The fraction of sp³-hybridized carbons (Fsp3) is 0.348. The van der Waals surface area contributed by atoms with Gasteiger partial charge in [-0.2, -0.15) is 5.01 Å². The molecule has 8 nitrogen and oxygen atoms in total. The maximum absolute atomic E-state index is 13.5. The Hall–Kier alpha value is -3.55. The van der Waals surface area contributed by atoms with Crippen LogP contribution in [0.4, 0.5) is 5.69 Å². The van der Waals surface area contributed by atoms with E-state index < -0.39 is 34.5 Å². The monoisotopic (exact) mass is 421 g/mol. The largest absolute Gasteiger partial charge is 0.282 e. The van der Waals surface area contributed by atoms with Gasteiger partial charge in [-0.25, -0.2) is 5.01 Å². The number of hydrogen-bond donors (Lipinski definition) is 0. The van der Waals surface area contributed by atoms with Gasteiger partial charge >= 0.3 is 0 Å². The summed E-state index contributed by atoms with van der Waals surface area (Å²) in [6.07, 6.45) is 2.06. The number of rotatable bonds is 5. The molecule has 2 fully saturated rings. The van der Waals surface area contributed by atoms with Gasteiger partial charge < -0.3 is 0 Å². The number of carbonyl (C=O) groups is 3. The van der Waals surface area contributed by atoms with Gasteiger partial charge in [-0.05, 0) is 36.8 Å². The summed E-state index contributed by atoms with van der Waals surface area (Å²) in [5.41, 5.74) is 0.182. The number of carbonyl (C=O) groups excluding carboxylic acids is 3. The molecule has 0 aromatic heterocycles. The van der Waals surface area contributed by atoms with E-state index >= 15 is 0 Å². The van der Waals surface area contributed by atoms with E-state index in [1.54, 1.807) is 24.3 Å². The number of para-hydroxylation sites is 1. The quantitative estimate of drug-likeness (QED) is 0.417. The molecule has 0 unspecified atom stereocenters. The van der Waals surface area contributed by atoms with Gasteiger partial charge in [0.15, 0.2) is 0 Å². The van der Waals surface area contributed by atoms with Gasteiger partial charge in [0, 0.05) is 6.07 Å². The third-order valence-electron chi connectivity index (χ3n) is 6.15. The highest BCUT2D eigenvalue weighted by atomic mass is 16.6. The Morgan fingerprint density at radius 1 is 1.03 bits per heavy atom. The second-order valence-corrected chi connectivity index (χ2v) is 8.24. The van der Waals surface area contributed by atoms with Crippen LogP contribution in [0.1, 0.15) is 42.1 Å². The molecule has 2 aromatic rings. The number of fused-ring (bicyclic) bond motifs is 1. The van der Waals surface area contributed by atoms with Crippen molar-refractivity contribution in [1.82, 2.24) is 10.0 Å². The highest BCUT2D eigenvalue weighted by molar-refractivity contribution is 6.08. The van der Waals surface area contributed by atoms with Crippen LogP contribution < -0.4 is 0 Å². The summed E-state index contributed by atoms with van der Waals surface area (Å²) in [6.45, 7) is 2.01. The van der Waals surface area contributed by atoms with Crippen LogP contribution in [0.2, 0.25) is 0 Å². The molecule has 1 aliphatic heterocycles. The molecule has 0 spiro atoms. The van der Waals surface area contributed by atoms with Crippen LogP contribution in [0.5, 0.6) is 0 Å². The highest BCUT2D eigenvalue weighted by Crippen LogP contribution is 2.41. The summed E-state index contributed by atoms with van der Waals surface area (Å²) in [7, 11) is 0. The van der Waals surface area contributed by atoms with Gasteiger partial charge in [0.25, 0.3) is 23.4 Å². The lowest BCUT2D eigenvalue weighted by Gasteiger charge is -2.30. The summed E-state index contributed by atoms with van der Waals surface area (Å²) in [4.78, 5) is 50.8. The fourth-order valence-electron chi connectivity index (χ4n) is 4.55. The van der Waals surface area contributed by atoms with Crippen LogP contribution >= 0.6 is 0 Å². The summed E-state index contributed by atoms with van der Waals surface area (Å²) in [5, 5.41) is 13.5. The summed E-state index contributed by atoms with van der Waals surface area (Å²) >= 11 is 0. The molecule has 8 heteroatoms. The van der Waals surface area contributed by atoms with Crippen molar-refractivity contribution < 1.29 is 19.3 Å². The van der Waals surface area contributed by atoms with Crippen molar-refractivity contribution in [2.75, 3.05) is 0 Å². The third-order valence-corrected chi connectivity index (χ3v) is 6.15. The lowest BCUT2D eigenvalue weighted by atomic mass is 9.76. The zero-order valence-corrected chi connectivity index (χ0v) is 17.1. The fourth-order valence-corrected chi connectivity index (χ4v) is 4.55. The molecule has 2 aliphatic rings. The zero-order chi connectivity index (χ0) is 22.1. The second kappa shape index (κ2) is 8.29. The van der Waals surface area contributed by atoms with Crippen molar-refractivity contribution in [2.45, 2.75) is 32.7 Å². The molecule has 31 heavy (non-hydrogen) atoms. The Morgan fingerprint density at radius 2 is 1.68 bits per heavy atom. The number of amides is 3. The van der Waals surface area contributed by atoms with Gasteiger partial charge in [0.05, 0.1) is 23.3 Å². The van der Waals surface area contributed by atoms with Gasteiger partial charge in [-0.15, -0.1) is 0 Å². The second-order valence-electron chi connectivity index (χ2n) is 8.24. The molecule has 3 atom stereocenters. The molecule has 0 N–H and O–H groups in total. The number of benzene rings is 2. The minimum atomic E-state index is -0.746. The number of hydrazine groups is 1. The van der Waals surface area contributed by atoms with Crippen LogP contribution in [-0.4, -0.2) is 32.7 Å². The van der Waals surface area contributed by atoms with Crippen molar-refractivity contribution in [1.29, 1.82) is 0 Å². The number of hydrogen-bond acceptors (Lipinski definition) is 5. The van der Waals surface area contributed by atoms with Crippen LogP contribution in [0.15, 0.2) is 54.6 Å². The number of nitro groups is 1. The summed E-state index contributed by atoms with van der Waals surface area (Å²) < 4.78 is 0. The molecule has 3 amide bonds. The average molecular weight is 421 g/mol. The SMILES string of the molecule is C[C@@H]1CC[C@@H]2C(=O)N(N(Cc3ccccc3)C(=O)c3ccccc3[N+](=O)[O-])C(=O)[C@H]2C1. The van der Waals surface area contributed by atoms with E-state index in [9.17, 15) is 24.5 Å². The van der Waals surface area contributed by atoms with Gasteiger partial charge in [0.1, 0.15) is 5.56 Å². The topological polar surface area (TPSA) is 101 Å². The minimum Gasteiger partial charge on any atom is -0.272 e. The zero-order valence-electron chi connectivity index (χ0n) is 17.1. The van der Waals surface area contributed by atoms with Crippen LogP contribution in [-0.2, 0) is 16.1 Å². The molecule has 160 valence electrons. The molecule has 1 aliphatic carbocycles. The molecule has 1 saturated heterocycles. The van der Waals surface area contributed by atoms with Gasteiger partial charge in [0.2, 0.25) is 0 Å². The molecule has 4 rings (SSSR count). The van der Waals surface area contributed by atoms with E-state index in [0.717, 1.165) is 16.4 Å². The lowest BCUT2D eigenvalue weighted by Crippen LogP contribution is -2.49. The molecular weight excluding hydrogens is 398 g/mol. The predicted octanol–water partition coefficient (Wildman–Crippen LogP) is 3.57. The molecular formula is C23H23N3O5. The first-order chi connectivity index (χ1) is 14.9. The number of nitrogens with zero attached hydrogens (tertiary/aromatic N) is 3. The van der Waals surface area contributed by atoms with Crippen LogP contribution in [0.3, 0.4) is 0 Å². The maximum atomic E-state index is 13.5. The normalized spacial score (nSPS) is 22.9.